The normalized spacial score (nSPS) is 20.8. The van der Waals surface area contributed by atoms with Crippen molar-refractivity contribution in [2.24, 2.45) is 15.9 Å². The first-order valence-electron chi connectivity index (χ1n) is 10.9. The summed E-state index contributed by atoms with van der Waals surface area (Å²) in [4.78, 5) is 27.9. The highest BCUT2D eigenvalue weighted by Gasteiger charge is 2.33. The Kier molecular flexibility index (Phi) is 6.75. The molecule has 166 valence electrons. The molecule has 7 heteroatoms. The Morgan fingerprint density at radius 2 is 2.09 bits per heavy atom. The lowest BCUT2D eigenvalue weighted by Gasteiger charge is -2.32. The topological polar surface area (TPSA) is 79.2 Å². The summed E-state index contributed by atoms with van der Waals surface area (Å²) in [6.07, 6.45) is 8.70. The van der Waals surface area contributed by atoms with Gasteiger partial charge in [0.2, 0.25) is 5.91 Å². The summed E-state index contributed by atoms with van der Waals surface area (Å²) < 4.78 is 5.50. The summed E-state index contributed by atoms with van der Waals surface area (Å²) >= 11 is 0. The first kappa shape index (κ1) is 21.9. The van der Waals surface area contributed by atoms with E-state index in [0.29, 0.717) is 6.54 Å². The van der Waals surface area contributed by atoms with Gasteiger partial charge in [0, 0.05) is 31.0 Å². The first-order valence-corrected chi connectivity index (χ1v) is 10.9. The first-order chi connectivity index (χ1) is 15.6. The fourth-order valence-electron chi connectivity index (χ4n) is 4.40. The Balaban J connectivity index is 1.71. The molecule has 0 atom stereocenters. The zero-order valence-corrected chi connectivity index (χ0v) is 18.6. The van der Waals surface area contributed by atoms with E-state index in [0.717, 1.165) is 59.6 Å². The minimum atomic E-state index is -0.00367. The minimum absolute atomic E-state index is 0.00367. The van der Waals surface area contributed by atoms with E-state index in [-0.39, 0.29) is 17.9 Å². The second-order valence-corrected chi connectivity index (χ2v) is 8.26. The van der Waals surface area contributed by atoms with Crippen LogP contribution in [0.4, 0.5) is 17.2 Å². The SMILES string of the molecule is C=N/C=N\C=C(/C)c1ccc2c(c1)N(C(=O)[C@H]1CC[C@H](OC)CC1)Cc1cccnc1N2. The second kappa shape index (κ2) is 9.87. The number of carbonyl (C=O) groups is 1. The summed E-state index contributed by atoms with van der Waals surface area (Å²) in [7, 11) is 1.75. The lowest BCUT2D eigenvalue weighted by atomic mass is 9.86. The predicted molar refractivity (Wildman–Crippen MR) is 130 cm³/mol. The van der Waals surface area contributed by atoms with E-state index in [4.69, 9.17) is 4.74 Å². The number of fused-ring (bicyclic) bond motifs is 2. The minimum Gasteiger partial charge on any atom is -0.381 e. The van der Waals surface area contributed by atoms with Gasteiger partial charge in [0.15, 0.2) is 0 Å². The Hall–Kier alpha value is -3.32. The average Bonchev–Trinajstić information content (AvgIpc) is 3.00. The van der Waals surface area contributed by atoms with Crippen molar-refractivity contribution in [3.8, 4) is 0 Å². The number of anilines is 3. The molecule has 2 heterocycles. The lowest BCUT2D eigenvalue weighted by molar-refractivity contribution is -0.124. The summed E-state index contributed by atoms with van der Waals surface area (Å²) in [5.41, 5.74) is 4.69. The molecule has 0 unspecified atom stereocenters. The Morgan fingerprint density at radius 3 is 2.84 bits per heavy atom. The van der Waals surface area contributed by atoms with E-state index in [9.17, 15) is 4.79 Å². The number of nitrogens with one attached hydrogen (secondary N) is 1. The molecule has 32 heavy (non-hydrogen) atoms. The number of pyridine rings is 1. The molecule has 1 aliphatic heterocycles. The van der Waals surface area contributed by atoms with Gasteiger partial charge in [-0.15, -0.1) is 0 Å². The van der Waals surface area contributed by atoms with Crippen LogP contribution in [0.1, 0.15) is 43.7 Å². The summed E-state index contributed by atoms with van der Waals surface area (Å²) in [5, 5.41) is 3.43. The van der Waals surface area contributed by atoms with Crippen LogP contribution in [-0.4, -0.2) is 37.2 Å². The van der Waals surface area contributed by atoms with Crippen molar-refractivity contribution >= 4 is 41.7 Å². The maximum absolute atomic E-state index is 13.7. The Labute approximate surface area is 188 Å². The van der Waals surface area contributed by atoms with Crippen LogP contribution in [-0.2, 0) is 16.1 Å². The van der Waals surface area contributed by atoms with E-state index in [1.54, 1.807) is 19.5 Å². The molecule has 1 N–H and O–H groups in total. The molecule has 1 fully saturated rings. The number of ether oxygens (including phenoxy) is 1. The molecule has 0 spiro atoms. The van der Waals surface area contributed by atoms with Crippen LogP contribution < -0.4 is 10.2 Å². The van der Waals surface area contributed by atoms with E-state index in [2.05, 4.69) is 33.1 Å². The molecule has 1 saturated carbocycles. The van der Waals surface area contributed by atoms with Gasteiger partial charge in [0.05, 0.1) is 24.0 Å². The van der Waals surface area contributed by atoms with Crippen LogP contribution in [0, 0.1) is 5.92 Å². The van der Waals surface area contributed by atoms with Gasteiger partial charge in [-0.25, -0.2) is 9.98 Å². The second-order valence-electron chi connectivity index (χ2n) is 8.26. The number of nitrogens with zero attached hydrogens (tertiary/aromatic N) is 4. The lowest BCUT2D eigenvalue weighted by Crippen LogP contribution is -2.38. The fourth-order valence-corrected chi connectivity index (χ4v) is 4.40. The zero-order valence-electron chi connectivity index (χ0n) is 18.6. The van der Waals surface area contributed by atoms with Crippen LogP contribution >= 0.6 is 0 Å². The van der Waals surface area contributed by atoms with Crippen LogP contribution in [0.3, 0.4) is 0 Å². The van der Waals surface area contributed by atoms with E-state index in [1.165, 1.54) is 6.34 Å². The molecular formula is C25H29N5O2. The Morgan fingerprint density at radius 1 is 1.28 bits per heavy atom. The highest BCUT2D eigenvalue weighted by atomic mass is 16.5. The Bertz CT molecular complexity index is 1050. The number of hydrogen-bond acceptors (Lipinski definition) is 5. The molecule has 1 amide bonds. The molecule has 0 radical (unpaired) electrons. The highest BCUT2D eigenvalue weighted by Crippen LogP contribution is 2.39. The van der Waals surface area contributed by atoms with Crippen molar-refractivity contribution in [1.82, 2.24) is 4.98 Å². The predicted octanol–water partition coefficient (Wildman–Crippen LogP) is 4.97. The zero-order chi connectivity index (χ0) is 22.5. The number of carbonyl (C=O) groups excluding carboxylic acids is 1. The molecule has 1 aromatic carbocycles. The van der Waals surface area contributed by atoms with E-state index < -0.39 is 0 Å². The standard InChI is InChI=1S/C25H29N5O2/c1-17(14-27-16-26-2)19-8-11-22-23(13-19)30(15-20-5-4-12-28-24(20)29-22)25(31)18-6-9-21(32-3)10-7-18/h4-5,8,11-14,16,18,21H,2,6-7,9-10,15H2,1,3H3,(H,28,29)/b17-14+,27-16-/t18-,21-. The van der Waals surface area contributed by atoms with E-state index >= 15 is 0 Å². The summed E-state index contributed by atoms with van der Waals surface area (Å²) in [6.45, 7) is 5.88. The quantitative estimate of drug-likeness (QED) is 0.536. The van der Waals surface area contributed by atoms with Crippen molar-refractivity contribution in [2.45, 2.75) is 45.3 Å². The molecule has 7 nitrogen and oxygen atoms in total. The van der Waals surface area contributed by atoms with Gasteiger partial charge in [-0.1, -0.05) is 12.1 Å². The average molecular weight is 432 g/mol. The maximum Gasteiger partial charge on any atom is 0.230 e. The van der Waals surface area contributed by atoms with Crippen molar-refractivity contribution < 1.29 is 9.53 Å². The van der Waals surface area contributed by atoms with Crippen LogP contribution in [0.25, 0.3) is 5.57 Å². The third-order valence-corrected chi connectivity index (χ3v) is 6.26. The van der Waals surface area contributed by atoms with Crippen molar-refractivity contribution in [1.29, 1.82) is 0 Å². The van der Waals surface area contributed by atoms with Gasteiger partial charge in [-0.2, -0.15) is 0 Å². The third-order valence-electron chi connectivity index (χ3n) is 6.26. The number of hydrogen-bond donors (Lipinski definition) is 1. The number of methoxy groups -OCH3 is 1. The summed E-state index contributed by atoms with van der Waals surface area (Å²) in [5.74, 6) is 0.941. The number of amides is 1. The summed E-state index contributed by atoms with van der Waals surface area (Å²) in [6, 6.07) is 10.0. The largest absolute Gasteiger partial charge is 0.381 e. The highest BCUT2D eigenvalue weighted by molar-refractivity contribution is 6.00. The van der Waals surface area contributed by atoms with Gasteiger partial charge in [-0.3, -0.25) is 9.79 Å². The van der Waals surface area contributed by atoms with Gasteiger partial charge >= 0.3 is 0 Å². The van der Waals surface area contributed by atoms with Crippen LogP contribution in [0.5, 0.6) is 0 Å². The molecule has 4 rings (SSSR count). The van der Waals surface area contributed by atoms with Crippen LogP contribution in [0.2, 0.25) is 0 Å². The van der Waals surface area contributed by atoms with Gasteiger partial charge < -0.3 is 15.0 Å². The van der Waals surface area contributed by atoms with Crippen molar-refractivity contribution in [3.63, 3.8) is 0 Å². The molecule has 1 aliphatic carbocycles. The van der Waals surface area contributed by atoms with Gasteiger partial charge in [0.1, 0.15) is 12.2 Å². The number of allylic oxidation sites excluding steroid dienone is 1. The smallest absolute Gasteiger partial charge is 0.230 e. The monoisotopic (exact) mass is 431 g/mol. The van der Waals surface area contributed by atoms with Gasteiger partial charge in [0.25, 0.3) is 0 Å². The van der Waals surface area contributed by atoms with Crippen molar-refractivity contribution in [2.75, 3.05) is 17.3 Å². The number of benzene rings is 1. The molecule has 2 aromatic rings. The molecule has 0 saturated heterocycles. The van der Waals surface area contributed by atoms with Crippen LogP contribution in [0.15, 0.2) is 52.7 Å². The number of rotatable bonds is 5. The van der Waals surface area contributed by atoms with Crippen molar-refractivity contribution in [3.05, 3.63) is 53.9 Å². The van der Waals surface area contributed by atoms with Gasteiger partial charge in [-0.05, 0) is 68.7 Å². The molecule has 2 aliphatic rings. The van der Waals surface area contributed by atoms with E-state index in [1.807, 2.05) is 36.1 Å². The maximum atomic E-state index is 13.7. The number of aromatic nitrogens is 1. The molecule has 0 bridgehead atoms. The molecule has 1 aromatic heterocycles. The number of aliphatic imine (C=N–C) groups is 2. The molecular weight excluding hydrogens is 402 g/mol. The fraction of sp³-hybridized carbons (Fsp3) is 0.360. The third kappa shape index (κ3) is 4.62.